The number of aromatic nitrogens is 3. The van der Waals surface area contributed by atoms with Gasteiger partial charge in [-0.25, -0.2) is 4.98 Å². The third kappa shape index (κ3) is 6.12. The number of nitrogens with zero attached hydrogens (tertiary/aromatic N) is 3. The topological polar surface area (TPSA) is 70.0 Å². The number of aryl methyl sites for hydroxylation is 1. The molecule has 0 spiro atoms. The molecule has 0 aliphatic heterocycles. The van der Waals surface area contributed by atoms with E-state index < -0.39 is 0 Å². The summed E-state index contributed by atoms with van der Waals surface area (Å²) in [6.45, 7) is 4.56. The van der Waals surface area contributed by atoms with Crippen LogP contribution in [0.3, 0.4) is 0 Å². The number of benzene rings is 2. The van der Waals surface area contributed by atoms with Gasteiger partial charge in [0.2, 0.25) is 0 Å². The Balaban J connectivity index is 0.00000289. The van der Waals surface area contributed by atoms with Crippen molar-refractivity contribution >= 4 is 40.8 Å². The lowest BCUT2D eigenvalue weighted by molar-refractivity contribution is 0.693. The maximum absolute atomic E-state index is 4.53. The maximum Gasteiger partial charge on any atom is 0.191 e. The Morgan fingerprint density at radius 3 is 2.62 bits per heavy atom. The number of halogens is 1. The first kappa shape index (κ1) is 23.8. The van der Waals surface area contributed by atoms with E-state index in [1.165, 1.54) is 27.6 Å². The van der Waals surface area contributed by atoms with Crippen LogP contribution in [0.2, 0.25) is 0 Å². The van der Waals surface area contributed by atoms with Gasteiger partial charge in [-0.2, -0.15) is 0 Å². The number of fused-ring (bicyclic) bond motifs is 1. The SMILES string of the molecule is CN=C(NCCc1c[nH]c2cc(C)ccc12)NCCc1nccn1Cc1ccccc1.I. The standard InChI is InChI=1S/C25H30N6.HI/c1-19-8-9-22-21(17-30-23(22)16-19)10-12-28-25(26-2)29-13-11-24-27-14-15-31(24)18-20-6-4-3-5-7-20;/h3-9,14-17,30H,10-13,18H2,1-2H3,(H2,26,28,29);1H. The summed E-state index contributed by atoms with van der Waals surface area (Å²) in [7, 11) is 1.81. The van der Waals surface area contributed by atoms with Gasteiger partial charge in [-0.05, 0) is 36.1 Å². The van der Waals surface area contributed by atoms with E-state index in [4.69, 9.17) is 0 Å². The van der Waals surface area contributed by atoms with Crippen molar-refractivity contribution in [2.75, 3.05) is 20.1 Å². The zero-order valence-electron chi connectivity index (χ0n) is 18.6. The number of aromatic amines is 1. The van der Waals surface area contributed by atoms with Gasteiger partial charge in [-0.15, -0.1) is 24.0 Å². The van der Waals surface area contributed by atoms with Gasteiger partial charge in [0.05, 0.1) is 0 Å². The predicted molar refractivity (Wildman–Crippen MR) is 143 cm³/mol. The molecule has 0 atom stereocenters. The highest BCUT2D eigenvalue weighted by molar-refractivity contribution is 14.0. The van der Waals surface area contributed by atoms with Gasteiger partial charge in [0, 0.05) is 62.6 Å². The minimum Gasteiger partial charge on any atom is -0.361 e. The fourth-order valence-electron chi connectivity index (χ4n) is 3.83. The number of guanidine groups is 1. The Morgan fingerprint density at radius 2 is 1.84 bits per heavy atom. The molecule has 0 saturated heterocycles. The third-order valence-corrected chi connectivity index (χ3v) is 5.47. The minimum atomic E-state index is 0. The average molecular weight is 542 g/mol. The Kier molecular flexibility index (Phi) is 8.72. The van der Waals surface area contributed by atoms with Crippen LogP contribution in [-0.4, -0.2) is 40.6 Å². The van der Waals surface area contributed by atoms with Crippen molar-refractivity contribution in [2.24, 2.45) is 4.99 Å². The summed E-state index contributed by atoms with van der Waals surface area (Å²) in [6.07, 6.45) is 7.79. The zero-order chi connectivity index (χ0) is 21.5. The van der Waals surface area contributed by atoms with Crippen LogP contribution >= 0.6 is 24.0 Å². The quantitative estimate of drug-likeness (QED) is 0.177. The van der Waals surface area contributed by atoms with Crippen LogP contribution in [-0.2, 0) is 19.4 Å². The molecule has 2 aromatic heterocycles. The molecule has 3 N–H and O–H groups in total. The molecule has 6 nitrogen and oxygen atoms in total. The molecule has 2 aromatic carbocycles. The van der Waals surface area contributed by atoms with Crippen molar-refractivity contribution in [1.82, 2.24) is 25.2 Å². The number of hydrogen-bond acceptors (Lipinski definition) is 2. The van der Waals surface area contributed by atoms with E-state index in [2.05, 4.69) is 85.7 Å². The summed E-state index contributed by atoms with van der Waals surface area (Å²) < 4.78 is 2.20. The Bertz CT molecular complexity index is 1150. The number of aliphatic imine (C=N–C) groups is 1. The van der Waals surface area contributed by atoms with Crippen LogP contribution in [0.15, 0.2) is 72.1 Å². The van der Waals surface area contributed by atoms with Gasteiger partial charge in [-0.3, -0.25) is 4.99 Å². The van der Waals surface area contributed by atoms with Crippen molar-refractivity contribution in [1.29, 1.82) is 0 Å². The van der Waals surface area contributed by atoms with Crippen molar-refractivity contribution in [2.45, 2.75) is 26.3 Å². The fourth-order valence-corrected chi connectivity index (χ4v) is 3.83. The minimum absolute atomic E-state index is 0. The highest BCUT2D eigenvalue weighted by atomic mass is 127. The van der Waals surface area contributed by atoms with Gasteiger partial charge < -0.3 is 20.2 Å². The molecule has 2 heterocycles. The van der Waals surface area contributed by atoms with Crippen molar-refractivity contribution in [3.63, 3.8) is 0 Å². The highest BCUT2D eigenvalue weighted by Crippen LogP contribution is 2.19. The summed E-state index contributed by atoms with van der Waals surface area (Å²) in [5.74, 6) is 1.89. The first-order valence-corrected chi connectivity index (χ1v) is 10.8. The number of H-pyrrole nitrogens is 1. The van der Waals surface area contributed by atoms with Gasteiger partial charge in [0.25, 0.3) is 0 Å². The summed E-state index contributed by atoms with van der Waals surface area (Å²) in [5.41, 5.74) is 5.07. The second kappa shape index (κ2) is 11.7. The van der Waals surface area contributed by atoms with Crippen LogP contribution < -0.4 is 10.6 Å². The summed E-state index contributed by atoms with van der Waals surface area (Å²) >= 11 is 0. The normalized spacial score (nSPS) is 11.4. The molecule has 0 saturated carbocycles. The van der Waals surface area contributed by atoms with Crippen molar-refractivity contribution in [3.05, 3.63) is 89.6 Å². The van der Waals surface area contributed by atoms with E-state index in [9.17, 15) is 0 Å². The van der Waals surface area contributed by atoms with E-state index in [-0.39, 0.29) is 24.0 Å². The predicted octanol–water partition coefficient (Wildman–Crippen LogP) is 4.29. The summed E-state index contributed by atoms with van der Waals surface area (Å²) in [4.78, 5) is 12.2. The molecule has 4 aromatic rings. The number of rotatable bonds is 8. The molecule has 32 heavy (non-hydrogen) atoms. The van der Waals surface area contributed by atoms with E-state index in [0.29, 0.717) is 0 Å². The molecule has 0 amide bonds. The Hall–Kier alpha value is -2.81. The van der Waals surface area contributed by atoms with E-state index in [1.807, 2.05) is 18.5 Å². The molecule has 0 aliphatic rings. The molecule has 0 radical (unpaired) electrons. The van der Waals surface area contributed by atoms with Gasteiger partial charge in [0.1, 0.15) is 5.82 Å². The largest absolute Gasteiger partial charge is 0.361 e. The van der Waals surface area contributed by atoms with Crippen molar-refractivity contribution in [3.8, 4) is 0 Å². The summed E-state index contributed by atoms with van der Waals surface area (Å²) in [5, 5.41) is 8.11. The van der Waals surface area contributed by atoms with E-state index >= 15 is 0 Å². The number of nitrogens with one attached hydrogen (secondary N) is 3. The Labute approximate surface area is 206 Å². The van der Waals surface area contributed by atoms with Gasteiger partial charge in [-0.1, -0.05) is 42.5 Å². The Morgan fingerprint density at radius 1 is 1.06 bits per heavy atom. The van der Waals surface area contributed by atoms with Crippen LogP contribution in [0.25, 0.3) is 10.9 Å². The molecule has 0 aliphatic carbocycles. The first-order chi connectivity index (χ1) is 15.2. The second-order valence-electron chi connectivity index (χ2n) is 7.75. The lowest BCUT2D eigenvalue weighted by atomic mass is 10.1. The molecule has 168 valence electrons. The van der Waals surface area contributed by atoms with Crippen LogP contribution in [0, 0.1) is 6.92 Å². The zero-order valence-corrected chi connectivity index (χ0v) is 21.0. The van der Waals surface area contributed by atoms with Crippen LogP contribution in [0.1, 0.15) is 22.5 Å². The first-order valence-electron chi connectivity index (χ1n) is 10.8. The molecule has 0 unspecified atom stereocenters. The smallest absolute Gasteiger partial charge is 0.191 e. The molecular weight excluding hydrogens is 511 g/mol. The molecule has 0 bridgehead atoms. The molecule has 4 rings (SSSR count). The van der Waals surface area contributed by atoms with Gasteiger partial charge in [0.15, 0.2) is 5.96 Å². The summed E-state index contributed by atoms with van der Waals surface area (Å²) in [6, 6.07) is 17.0. The lowest BCUT2D eigenvalue weighted by Gasteiger charge is -2.12. The number of imidazole rings is 1. The maximum atomic E-state index is 4.53. The van der Waals surface area contributed by atoms with Gasteiger partial charge >= 0.3 is 0 Å². The average Bonchev–Trinajstić information content (AvgIpc) is 3.39. The van der Waals surface area contributed by atoms with E-state index in [1.54, 1.807) is 7.05 Å². The molecule has 7 heteroatoms. The number of hydrogen-bond donors (Lipinski definition) is 3. The second-order valence-corrected chi connectivity index (χ2v) is 7.75. The molecular formula is C25H31IN6. The molecule has 0 fully saturated rings. The monoisotopic (exact) mass is 542 g/mol. The van der Waals surface area contributed by atoms with Crippen LogP contribution in [0.4, 0.5) is 0 Å². The lowest BCUT2D eigenvalue weighted by Crippen LogP contribution is -2.39. The fraction of sp³-hybridized carbons (Fsp3) is 0.280. The van der Waals surface area contributed by atoms with Crippen LogP contribution in [0.5, 0.6) is 0 Å². The highest BCUT2D eigenvalue weighted by Gasteiger charge is 2.06. The third-order valence-electron chi connectivity index (χ3n) is 5.47. The van der Waals surface area contributed by atoms with Crippen molar-refractivity contribution < 1.29 is 0 Å². The van der Waals surface area contributed by atoms with E-state index in [0.717, 1.165) is 44.3 Å².